The summed E-state index contributed by atoms with van der Waals surface area (Å²) in [6.45, 7) is 5.12. The summed E-state index contributed by atoms with van der Waals surface area (Å²) in [6, 6.07) is 9.99. The molecule has 3 aromatic rings. The van der Waals surface area contributed by atoms with Crippen LogP contribution in [0.5, 0.6) is 11.5 Å². The van der Waals surface area contributed by atoms with Crippen molar-refractivity contribution in [2.45, 2.75) is 13.1 Å². The van der Waals surface area contributed by atoms with Crippen molar-refractivity contribution in [3.8, 4) is 22.8 Å². The van der Waals surface area contributed by atoms with Gasteiger partial charge in [-0.15, -0.1) is 24.8 Å². The second-order valence-electron chi connectivity index (χ2n) is 8.41. The van der Waals surface area contributed by atoms with E-state index in [1.807, 2.05) is 6.07 Å². The number of nitrogens with one attached hydrogen (secondary N) is 3. The molecule has 0 atom stereocenters. The highest BCUT2D eigenvalue weighted by Crippen LogP contribution is 2.43. The Morgan fingerprint density at radius 2 is 1.83 bits per heavy atom. The molecule has 1 aromatic heterocycles. The summed E-state index contributed by atoms with van der Waals surface area (Å²) in [7, 11) is -2.36. The fraction of sp³-hybridized carbons (Fsp3) is 0.348. The molecule has 0 aliphatic carbocycles. The Bertz CT molecular complexity index is 1350. The van der Waals surface area contributed by atoms with Crippen LogP contribution in [-0.2, 0) is 23.2 Å². The number of carbonyl (C=O) groups is 1. The maximum Gasteiger partial charge on any atom is 0.306 e. The van der Waals surface area contributed by atoms with Gasteiger partial charge >= 0.3 is 10.1 Å². The van der Waals surface area contributed by atoms with Crippen LogP contribution >= 0.6 is 24.8 Å². The van der Waals surface area contributed by atoms with Crippen LogP contribution in [0.1, 0.15) is 21.5 Å². The van der Waals surface area contributed by atoms with Crippen LogP contribution < -0.4 is 19.6 Å². The van der Waals surface area contributed by atoms with Crippen molar-refractivity contribution in [3.63, 3.8) is 0 Å². The number of amides is 1. The van der Waals surface area contributed by atoms with Gasteiger partial charge in [0.25, 0.3) is 5.91 Å². The van der Waals surface area contributed by atoms with Gasteiger partial charge in [0.05, 0.1) is 18.9 Å². The number of ether oxygens (including phenoxy) is 1. The molecule has 0 radical (unpaired) electrons. The third-order valence-electron chi connectivity index (χ3n) is 6.04. The van der Waals surface area contributed by atoms with Crippen LogP contribution in [0.3, 0.4) is 0 Å². The predicted molar refractivity (Wildman–Crippen MR) is 140 cm³/mol. The van der Waals surface area contributed by atoms with Gasteiger partial charge in [0.2, 0.25) is 0 Å². The van der Waals surface area contributed by atoms with E-state index < -0.39 is 10.1 Å². The molecule has 35 heavy (non-hydrogen) atoms. The normalized spacial score (nSPS) is 15.7. The van der Waals surface area contributed by atoms with E-state index in [4.69, 9.17) is 8.92 Å². The summed E-state index contributed by atoms with van der Waals surface area (Å²) in [5.41, 5.74) is 4.43. The molecule has 2 aromatic carbocycles. The third-order valence-corrected chi connectivity index (χ3v) is 6.51. The van der Waals surface area contributed by atoms with E-state index in [0.29, 0.717) is 16.7 Å². The molecule has 5 rings (SSSR count). The number of hydrogen-bond acceptors (Lipinski definition) is 7. The zero-order valence-corrected chi connectivity index (χ0v) is 21.8. The van der Waals surface area contributed by atoms with Crippen molar-refractivity contribution in [1.82, 2.24) is 20.5 Å². The Balaban J connectivity index is 0.00000171. The second-order valence-corrected chi connectivity index (χ2v) is 9.98. The lowest BCUT2D eigenvalue weighted by atomic mass is 9.98. The molecule has 9 nitrogen and oxygen atoms in total. The Hall–Kier alpha value is -2.50. The van der Waals surface area contributed by atoms with Crippen molar-refractivity contribution in [1.29, 1.82) is 0 Å². The maximum atomic E-state index is 12.7. The number of rotatable bonds is 6. The molecule has 0 saturated carbocycles. The number of benzene rings is 2. The van der Waals surface area contributed by atoms with Gasteiger partial charge in [0.1, 0.15) is 0 Å². The number of aromatic amines is 1. The number of carbonyl (C=O) groups excluding carboxylic acids is 1. The number of nitrogens with zero attached hydrogens (tertiary/aromatic N) is 1. The molecule has 0 bridgehead atoms. The Morgan fingerprint density at radius 3 is 2.51 bits per heavy atom. The lowest BCUT2D eigenvalue weighted by molar-refractivity contribution is 0.0966. The molecule has 1 saturated heterocycles. The lowest BCUT2D eigenvalue weighted by Crippen LogP contribution is -2.42. The smallest absolute Gasteiger partial charge is 0.306 e. The van der Waals surface area contributed by atoms with E-state index in [1.165, 1.54) is 12.7 Å². The van der Waals surface area contributed by atoms with Gasteiger partial charge in [-0.1, -0.05) is 6.07 Å². The monoisotopic (exact) mass is 542 g/mol. The highest BCUT2D eigenvalue weighted by atomic mass is 35.5. The Labute approximate surface area is 216 Å². The summed E-state index contributed by atoms with van der Waals surface area (Å²) in [5, 5.41) is 7.18. The maximum absolute atomic E-state index is 12.7. The van der Waals surface area contributed by atoms with E-state index >= 15 is 0 Å². The molecular formula is C23H28Cl2N4O5S. The van der Waals surface area contributed by atoms with Crippen molar-refractivity contribution in [3.05, 3.63) is 47.0 Å². The Kier molecular flexibility index (Phi) is 8.23. The molecule has 1 amide bonds. The van der Waals surface area contributed by atoms with Gasteiger partial charge in [-0.3, -0.25) is 9.69 Å². The van der Waals surface area contributed by atoms with Gasteiger partial charge in [0.15, 0.2) is 11.5 Å². The van der Waals surface area contributed by atoms with Crippen molar-refractivity contribution in [2.24, 2.45) is 0 Å². The van der Waals surface area contributed by atoms with Crippen LogP contribution in [0, 0.1) is 0 Å². The topological polar surface area (TPSA) is 113 Å². The van der Waals surface area contributed by atoms with Crippen LogP contribution in [0.4, 0.5) is 0 Å². The summed E-state index contributed by atoms with van der Waals surface area (Å²) < 4.78 is 34.2. The average molecular weight is 543 g/mol. The largest absolute Gasteiger partial charge is 0.493 e. The third kappa shape index (κ3) is 5.52. The minimum absolute atomic E-state index is 0. The number of aromatic nitrogens is 1. The average Bonchev–Trinajstić information content (AvgIpc) is 3.37. The van der Waals surface area contributed by atoms with E-state index in [-0.39, 0.29) is 48.8 Å². The first-order chi connectivity index (χ1) is 15.8. The number of halogens is 2. The van der Waals surface area contributed by atoms with Crippen LogP contribution in [-0.4, -0.2) is 63.8 Å². The van der Waals surface area contributed by atoms with Crippen molar-refractivity contribution < 1.29 is 22.1 Å². The van der Waals surface area contributed by atoms with E-state index in [1.54, 1.807) is 6.07 Å². The van der Waals surface area contributed by atoms with Gasteiger partial charge in [0, 0.05) is 67.0 Å². The molecule has 190 valence electrons. The second kappa shape index (κ2) is 10.6. The first-order valence-electron chi connectivity index (χ1n) is 10.8. The predicted octanol–water partition coefficient (Wildman–Crippen LogP) is 2.67. The minimum Gasteiger partial charge on any atom is -0.493 e. The molecule has 2 aliphatic rings. The fourth-order valence-corrected chi connectivity index (χ4v) is 5.02. The summed E-state index contributed by atoms with van der Waals surface area (Å²) >= 11 is 0. The number of piperazine rings is 1. The zero-order chi connectivity index (χ0) is 23.2. The number of H-pyrrole nitrogens is 1. The summed E-state index contributed by atoms with van der Waals surface area (Å²) in [4.78, 5) is 18.5. The molecule has 3 N–H and O–H groups in total. The SMILES string of the molecule is COc1cc(-c2cc3cc(CN4CCNCC4)ccc3[nH]2)c2c(c1OS(C)(=O)=O)CNC2=O.Cl.Cl. The fourth-order valence-electron chi connectivity index (χ4n) is 4.54. The lowest BCUT2D eigenvalue weighted by Gasteiger charge is -2.27. The van der Waals surface area contributed by atoms with Gasteiger partial charge in [-0.25, -0.2) is 0 Å². The quantitative estimate of drug-likeness (QED) is 0.410. The Morgan fingerprint density at radius 1 is 1.09 bits per heavy atom. The molecule has 1 fully saturated rings. The van der Waals surface area contributed by atoms with Gasteiger partial charge in [-0.05, 0) is 29.8 Å². The first kappa shape index (κ1) is 27.1. The molecular weight excluding hydrogens is 515 g/mol. The summed E-state index contributed by atoms with van der Waals surface area (Å²) in [5.74, 6) is 0.0225. The standard InChI is InChI=1S/C23H26N4O5S.2ClH/c1-31-20-11-16(21-17(12-25-23(21)28)22(20)32-33(2,29)30)19-10-15-9-14(3-4-18(15)26-19)13-27-7-5-24-6-8-27;;/h3-4,9-11,24,26H,5-8,12-13H2,1-2H3,(H,25,28);2*1H. The minimum atomic E-state index is -3.80. The summed E-state index contributed by atoms with van der Waals surface area (Å²) in [6.07, 6.45) is 0.965. The molecule has 0 unspecified atom stereocenters. The molecule has 12 heteroatoms. The van der Waals surface area contributed by atoms with E-state index in [2.05, 4.69) is 38.7 Å². The van der Waals surface area contributed by atoms with Crippen molar-refractivity contribution in [2.75, 3.05) is 39.5 Å². The molecule has 3 heterocycles. The molecule has 0 spiro atoms. The van der Waals surface area contributed by atoms with Gasteiger partial charge in [-0.2, -0.15) is 8.42 Å². The highest BCUT2D eigenvalue weighted by Gasteiger charge is 2.32. The van der Waals surface area contributed by atoms with E-state index in [0.717, 1.165) is 55.6 Å². The van der Waals surface area contributed by atoms with Crippen LogP contribution in [0.25, 0.3) is 22.2 Å². The van der Waals surface area contributed by atoms with Crippen LogP contribution in [0.15, 0.2) is 30.3 Å². The number of hydrogen-bond donors (Lipinski definition) is 3. The van der Waals surface area contributed by atoms with Crippen LogP contribution in [0.2, 0.25) is 0 Å². The zero-order valence-electron chi connectivity index (χ0n) is 19.3. The van der Waals surface area contributed by atoms with Crippen molar-refractivity contribution >= 4 is 51.7 Å². The highest BCUT2D eigenvalue weighted by molar-refractivity contribution is 7.86. The molecule has 2 aliphatic heterocycles. The van der Waals surface area contributed by atoms with Gasteiger partial charge < -0.3 is 24.5 Å². The first-order valence-corrected chi connectivity index (χ1v) is 12.6. The van der Waals surface area contributed by atoms with E-state index in [9.17, 15) is 13.2 Å². The number of methoxy groups -OCH3 is 1. The number of fused-ring (bicyclic) bond motifs is 2.